The molecule has 122 valence electrons. The summed E-state index contributed by atoms with van der Waals surface area (Å²) in [7, 11) is 0. The van der Waals surface area contributed by atoms with E-state index in [9.17, 15) is 9.18 Å². The van der Waals surface area contributed by atoms with Gasteiger partial charge < -0.3 is 5.32 Å². The van der Waals surface area contributed by atoms with E-state index in [-0.39, 0.29) is 22.5 Å². The molecule has 0 aliphatic heterocycles. The lowest BCUT2D eigenvalue weighted by atomic mass is 10.1. The highest BCUT2D eigenvalue weighted by Crippen LogP contribution is 2.20. The molecule has 5 nitrogen and oxygen atoms in total. The summed E-state index contributed by atoms with van der Waals surface area (Å²) >= 11 is 5.92. The minimum Gasteiger partial charge on any atom is -0.345 e. The Morgan fingerprint density at radius 3 is 2.62 bits per heavy atom. The molecule has 2 aromatic carbocycles. The Balaban J connectivity index is 1.72. The van der Waals surface area contributed by atoms with Crippen LogP contribution in [0.25, 0.3) is 5.69 Å². The minimum absolute atomic E-state index is 0.0845. The Hall–Kier alpha value is -2.73. The molecule has 1 heterocycles. The van der Waals surface area contributed by atoms with Crippen LogP contribution < -0.4 is 5.32 Å². The van der Waals surface area contributed by atoms with E-state index in [0.717, 1.165) is 17.3 Å². The number of hydrogen-bond acceptors (Lipinski definition) is 3. The number of aromatic nitrogens is 3. The predicted octanol–water partition coefficient (Wildman–Crippen LogP) is 3.55. The SMILES string of the molecule is CC(NC(=O)c1ccc(F)cc1Cl)c1ccc(-n2cncn2)cc1. The lowest BCUT2D eigenvalue weighted by Gasteiger charge is -2.15. The summed E-state index contributed by atoms with van der Waals surface area (Å²) in [5, 5.41) is 6.99. The number of benzene rings is 2. The van der Waals surface area contributed by atoms with Crippen molar-refractivity contribution < 1.29 is 9.18 Å². The van der Waals surface area contributed by atoms with Gasteiger partial charge in [-0.3, -0.25) is 4.79 Å². The van der Waals surface area contributed by atoms with Gasteiger partial charge in [0.1, 0.15) is 18.5 Å². The number of amides is 1. The second kappa shape index (κ2) is 6.80. The van der Waals surface area contributed by atoms with Crippen molar-refractivity contribution in [2.24, 2.45) is 0 Å². The number of carbonyl (C=O) groups excluding carboxylic acids is 1. The fraction of sp³-hybridized carbons (Fsp3) is 0.118. The fourth-order valence-electron chi connectivity index (χ4n) is 2.29. The van der Waals surface area contributed by atoms with Gasteiger partial charge in [0.25, 0.3) is 5.91 Å². The van der Waals surface area contributed by atoms with Crippen molar-refractivity contribution in [2.45, 2.75) is 13.0 Å². The molecule has 1 unspecified atom stereocenters. The zero-order valence-electron chi connectivity index (χ0n) is 12.8. The first-order valence-corrected chi connectivity index (χ1v) is 7.63. The van der Waals surface area contributed by atoms with Crippen LogP contribution in [-0.4, -0.2) is 20.7 Å². The van der Waals surface area contributed by atoms with E-state index in [1.165, 1.54) is 18.5 Å². The van der Waals surface area contributed by atoms with Crippen molar-refractivity contribution in [1.29, 1.82) is 0 Å². The molecule has 1 N–H and O–H groups in total. The molecule has 1 aromatic heterocycles. The molecule has 7 heteroatoms. The van der Waals surface area contributed by atoms with E-state index in [4.69, 9.17) is 11.6 Å². The third kappa shape index (κ3) is 3.44. The lowest BCUT2D eigenvalue weighted by molar-refractivity contribution is 0.0940. The average molecular weight is 345 g/mol. The Labute approximate surface area is 143 Å². The van der Waals surface area contributed by atoms with Crippen LogP contribution in [0.2, 0.25) is 5.02 Å². The van der Waals surface area contributed by atoms with Crippen LogP contribution >= 0.6 is 11.6 Å². The quantitative estimate of drug-likeness (QED) is 0.787. The summed E-state index contributed by atoms with van der Waals surface area (Å²) < 4.78 is 14.7. The van der Waals surface area contributed by atoms with Gasteiger partial charge in [-0.05, 0) is 42.8 Å². The predicted molar refractivity (Wildman–Crippen MR) is 88.7 cm³/mol. The third-order valence-electron chi connectivity index (χ3n) is 3.60. The molecule has 0 saturated carbocycles. The molecule has 0 aliphatic carbocycles. The molecule has 0 fully saturated rings. The van der Waals surface area contributed by atoms with Crippen molar-refractivity contribution in [1.82, 2.24) is 20.1 Å². The van der Waals surface area contributed by atoms with Gasteiger partial charge in [0.05, 0.1) is 22.3 Å². The van der Waals surface area contributed by atoms with Crippen LogP contribution in [-0.2, 0) is 0 Å². The van der Waals surface area contributed by atoms with Gasteiger partial charge in [0.2, 0.25) is 0 Å². The summed E-state index contributed by atoms with van der Waals surface area (Å²) in [6.07, 6.45) is 3.07. The van der Waals surface area contributed by atoms with Gasteiger partial charge in [0, 0.05) is 0 Å². The standard InChI is InChI=1S/C17H14ClFN4O/c1-11(22-17(24)15-7-4-13(19)8-16(15)18)12-2-5-14(6-3-12)23-10-20-9-21-23/h2-11H,1H3,(H,22,24). The highest BCUT2D eigenvalue weighted by molar-refractivity contribution is 6.33. The highest BCUT2D eigenvalue weighted by atomic mass is 35.5. The maximum absolute atomic E-state index is 13.1. The number of nitrogens with zero attached hydrogens (tertiary/aromatic N) is 3. The first-order valence-electron chi connectivity index (χ1n) is 7.25. The first-order chi connectivity index (χ1) is 11.5. The maximum atomic E-state index is 13.1. The summed E-state index contributed by atoms with van der Waals surface area (Å²) in [6, 6.07) is 11.0. The molecule has 3 aromatic rings. The monoisotopic (exact) mass is 344 g/mol. The summed E-state index contributed by atoms with van der Waals surface area (Å²) in [4.78, 5) is 16.2. The zero-order valence-corrected chi connectivity index (χ0v) is 13.5. The summed E-state index contributed by atoms with van der Waals surface area (Å²) in [5.41, 5.74) is 2.03. The van der Waals surface area contributed by atoms with Crippen LogP contribution in [0.5, 0.6) is 0 Å². The van der Waals surface area contributed by atoms with Crippen molar-refractivity contribution >= 4 is 17.5 Å². The molecule has 0 radical (unpaired) electrons. The highest BCUT2D eigenvalue weighted by Gasteiger charge is 2.15. The van der Waals surface area contributed by atoms with Crippen LogP contribution in [0, 0.1) is 5.82 Å². The van der Waals surface area contributed by atoms with Gasteiger partial charge in [-0.25, -0.2) is 14.1 Å². The number of rotatable bonds is 4. The summed E-state index contributed by atoms with van der Waals surface area (Å²) in [6.45, 7) is 1.86. The zero-order chi connectivity index (χ0) is 17.1. The Morgan fingerprint density at radius 1 is 1.25 bits per heavy atom. The van der Waals surface area contributed by atoms with E-state index >= 15 is 0 Å². The van der Waals surface area contributed by atoms with Gasteiger partial charge in [-0.15, -0.1) is 0 Å². The molecule has 1 atom stereocenters. The molecular formula is C17H14ClFN4O. The molecule has 1 amide bonds. The van der Waals surface area contributed by atoms with Crippen LogP contribution in [0.4, 0.5) is 4.39 Å². The molecule has 24 heavy (non-hydrogen) atoms. The van der Waals surface area contributed by atoms with Crippen LogP contribution in [0.15, 0.2) is 55.1 Å². The second-order valence-electron chi connectivity index (χ2n) is 5.25. The van der Waals surface area contributed by atoms with E-state index in [2.05, 4.69) is 15.4 Å². The van der Waals surface area contributed by atoms with Gasteiger partial charge >= 0.3 is 0 Å². The Kier molecular flexibility index (Phi) is 4.57. The normalized spacial score (nSPS) is 12.0. The minimum atomic E-state index is -0.478. The molecule has 3 rings (SSSR count). The van der Waals surface area contributed by atoms with Crippen molar-refractivity contribution in [3.63, 3.8) is 0 Å². The first kappa shape index (κ1) is 16.1. The van der Waals surface area contributed by atoms with Crippen LogP contribution in [0.1, 0.15) is 28.9 Å². The van der Waals surface area contributed by atoms with E-state index in [1.54, 1.807) is 11.0 Å². The second-order valence-corrected chi connectivity index (χ2v) is 5.66. The number of hydrogen-bond donors (Lipinski definition) is 1. The van der Waals surface area contributed by atoms with E-state index in [0.29, 0.717) is 0 Å². The largest absolute Gasteiger partial charge is 0.345 e. The number of carbonyl (C=O) groups is 1. The van der Waals surface area contributed by atoms with E-state index in [1.807, 2.05) is 31.2 Å². The van der Waals surface area contributed by atoms with Crippen molar-refractivity contribution in [3.05, 3.63) is 77.1 Å². The third-order valence-corrected chi connectivity index (χ3v) is 3.91. The fourth-order valence-corrected chi connectivity index (χ4v) is 2.54. The average Bonchev–Trinajstić information content (AvgIpc) is 3.09. The lowest BCUT2D eigenvalue weighted by Crippen LogP contribution is -2.26. The molecule has 0 saturated heterocycles. The number of halogens is 2. The summed E-state index contributed by atoms with van der Waals surface area (Å²) in [5.74, 6) is -0.832. The molecule has 0 aliphatic rings. The maximum Gasteiger partial charge on any atom is 0.253 e. The van der Waals surface area contributed by atoms with Crippen LogP contribution in [0.3, 0.4) is 0 Å². The van der Waals surface area contributed by atoms with Gasteiger partial charge in [0.15, 0.2) is 0 Å². The smallest absolute Gasteiger partial charge is 0.253 e. The Morgan fingerprint density at radius 2 is 2.00 bits per heavy atom. The molecule has 0 spiro atoms. The van der Waals surface area contributed by atoms with Crippen molar-refractivity contribution in [3.8, 4) is 5.69 Å². The van der Waals surface area contributed by atoms with Gasteiger partial charge in [-0.1, -0.05) is 23.7 Å². The number of nitrogens with one attached hydrogen (secondary N) is 1. The topological polar surface area (TPSA) is 59.8 Å². The Bertz CT molecular complexity index is 850. The molecular weight excluding hydrogens is 331 g/mol. The molecule has 0 bridgehead atoms. The van der Waals surface area contributed by atoms with E-state index < -0.39 is 5.82 Å². The van der Waals surface area contributed by atoms with Crippen molar-refractivity contribution in [2.75, 3.05) is 0 Å². The van der Waals surface area contributed by atoms with Gasteiger partial charge in [-0.2, -0.15) is 5.10 Å².